The fraction of sp³-hybridized carbons (Fsp3) is 0.0769. The lowest BCUT2D eigenvalue weighted by molar-refractivity contribution is 0.102. The van der Waals surface area contributed by atoms with Crippen LogP contribution >= 0.6 is 39.1 Å². The lowest BCUT2D eigenvalue weighted by Crippen LogP contribution is -2.12. The number of halogens is 3. The highest BCUT2D eigenvalue weighted by Gasteiger charge is 2.10. The second kappa shape index (κ2) is 5.90. The SMILES string of the molecule is Cc1cc(Br)cc(NC(=O)c2cnc(Cl)c(Cl)c2)c1. The van der Waals surface area contributed by atoms with Crippen molar-refractivity contribution in [2.45, 2.75) is 6.92 Å². The summed E-state index contributed by atoms with van der Waals surface area (Å²) in [5.41, 5.74) is 2.09. The summed E-state index contributed by atoms with van der Waals surface area (Å²) < 4.78 is 0.898. The molecule has 0 fully saturated rings. The molecule has 19 heavy (non-hydrogen) atoms. The molecule has 6 heteroatoms. The maximum Gasteiger partial charge on any atom is 0.257 e. The van der Waals surface area contributed by atoms with Crippen LogP contribution in [0.3, 0.4) is 0 Å². The molecule has 1 aromatic heterocycles. The summed E-state index contributed by atoms with van der Waals surface area (Å²) in [6.45, 7) is 1.95. The Morgan fingerprint density at radius 2 is 2.00 bits per heavy atom. The van der Waals surface area contributed by atoms with Crippen molar-refractivity contribution in [1.29, 1.82) is 0 Å². The molecule has 0 saturated heterocycles. The van der Waals surface area contributed by atoms with Gasteiger partial charge in [0.15, 0.2) is 0 Å². The number of pyridine rings is 1. The highest BCUT2D eigenvalue weighted by molar-refractivity contribution is 9.10. The number of benzene rings is 1. The molecule has 0 aliphatic carbocycles. The van der Waals surface area contributed by atoms with Gasteiger partial charge in [-0.2, -0.15) is 0 Å². The average Bonchev–Trinajstić information content (AvgIpc) is 2.31. The average molecular weight is 360 g/mol. The predicted octanol–water partition coefficient (Wildman–Crippen LogP) is 4.71. The van der Waals surface area contributed by atoms with Gasteiger partial charge in [0.25, 0.3) is 5.91 Å². The minimum atomic E-state index is -0.288. The Bertz CT molecular complexity index is 626. The van der Waals surface area contributed by atoms with E-state index in [-0.39, 0.29) is 16.1 Å². The highest BCUT2D eigenvalue weighted by Crippen LogP contribution is 2.22. The second-order valence-electron chi connectivity index (χ2n) is 3.97. The number of carbonyl (C=O) groups is 1. The van der Waals surface area contributed by atoms with Crippen LogP contribution in [0.5, 0.6) is 0 Å². The molecule has 3 nitrogen and oxygen atoms in total. The van der Waals surface area contributed by atoms with Gasteiger partial charge in [-0.1, -0.05) is 39.1 Å². The van der Waals surface area contributed by atoms with Crippen LogP contribution in [0.15, 0.2) is 34.9 Å². The molecule has 0 bridgehead atoms. The van der Waals surface area contributed by atoms with E-state index in [4.69, 9.17) is 23.2 Å². The minimum Gasteiger partial charge on any atom is -0.322 e. The van der Waals surface area contributed by atoms with Gasteiger partial charge in [-0.3, -0.25) is 4.79 Å². The molecule has 0 unspecified atom stereocenters. The van der Waals surface area contributed by atoms with Crippen molar-refractivity contribution in [3.05, 3.63) is 56.2 Å². The molecular formula is C13H9BrCl2N2O. The minimum absolute atomic E-state index is 0.177. The van der Waals surface area contributed by atoms with Crippen LogP contribution in [-0.4, -0.2) is 10.9 Å². The molecule has 0 aliphatic heterocycles. The number of aryl methyl sites for hydroxylation is 1. The number of hydrogen-bond acceptors (Lipinski definition) is 2. The molecule has 1 N–H and O–H groups in total. The van der Waals surface area contributed by atoms with Crippen molar-refractivity contribution in [2.75, 3.05) is 5.32 Å². The normalized spacial score (nSPS) is 10.3. The van der Waals surface area contributed by atoms with Gasteiger partial charge in [-0.15, -0.1) is 0 Å². The Morgan fingerprint density at radius 1 is 1.26 bits per heavy atom. The number of nitrogens with zero attached hydrogens (tertiary/aromatic N) is 1. The van der Waals surface area contributed by atoms with E-state index in [1.165, 1.54) is 12.3 Å². The lowest BCUT2D eigenvalue weighted by atomic mass is 10.2. The summed E-state index contributed by atoms with van der Waals surface area (Å²) in [6, 6.07) is 7.12. The van der Waals surface area contributed by atoms with Gasteiger partial charge in [0.05, 0.1) is 10.6 Å². The molecule has 0 aliphatic rings. The molecule has 0 spiro atoms. The number of aromatic nitrogens is 1. The zero-order valence-corrected chi connectivity index (χ0v) is 13.0. The van der Waals surface area contributed by atoms with E-state index >= 15 is 0 Å². The first-order chi connectivity index (χ1) is 8.95. The van der Waals surface area contributed by atoms with Crippen molar-refractivity contribution < 1.29 is 4.79 Å². The third-order valence-corrected chi connectivity index (χ3v) is 3.50. The fourth-order valence-electron chi connectivity index (χ4n) is 1.56. The molecule has 0 radical (unpaired) electrons. The largest absolute Gasteiger partial charge is 0.322 e. The van der Waals surface area contributed by atoms with E-state index in [9.17, 15) is 4.79 Å². The van der Waals surface area contributed by atoms with Gasteiger partial charge in [-0.25, -0.2) is 4.98 Å². The Balaban J connectivity index is 2.22. The number of nitrogens with one attached hydrogen (secondary N) is 1. The number of anilines is 1. The molecule has 1 heterocycles. The van der Waals surface area contributed by atoms with Crippen molar-refractivity contribution in [1.82, 2.24) is 4.98 Å². The predicted molar refractivity (Wildman–Crippen MR) is 81.1 cm³/mol. The standard InChI is InChI=1S/C13H9BrCl2N2O/c1-7-2-9(14)5-10(3-7)18-13(19)8-4-11(15)12(16)17-6-8/h2-6H,1H3,(H,18,19). The Labute approximate surface area is 129 Å². The summed E-state index contributed by atoms with van der Waals surface area (Å²) in [4.78, 5) is 15.9. The zero-order valence-electron chi connectivity index (χ0n) is 9.88. The van der Waals surface area contributed by atoms with E-state index in [0.717, 1.165) is 10.0 Å². The monoisotopic (exact) mass is 358 g/mol. The Hall–Kier alpha value is -1.10. The summed E-state index contributed by atoms with van der Waals surface area (Å²) in [5.74, 6) is -0.288. The Morgan fingerprint density at radius 3 is 2.63 bits per heavy atom. The number of carbonyl (C=O) groups excluding carboxylic acids is 1. The second-order valence-corrected chi connectivity index (χ2v) is 5.65. The van der Waals surface area contributed by atoms with Gasteiger partial charge in [-0.05, 0) is 36.8 Å². The summed E-state index contributed by atoms with van der Waals surface area (Å²) in [6.07, 6.45) is 1.38. The third kappa shape index (κ3) is 3.69. The van der Waals surface area contributed by atoms with Crippen LogP contribution in [0.4, 0.5) is 5.69 Å². The van der Waals surface area contributed by atoms with E-state index in [1.54, 1.807) is 0 Å². The van der Waals surface area contributed by atoms with E-state index in [1.807, 2.05) is 25.1 Å². The Kier molecular flexibility index (Phi) is 4.45. The highest BCUT2D eigenvalue weighted by atomic mass is 79.9. The maximum absolute atomic E-state index is 12.0. The molecule has 98 valence electrons. The van der Waals surface area contributed by atoms with Crippen LogP contribution in [0, 0.1) is 6.92 Å². The van der Waals surface area contributed by atoms with E-state index < -0.39 is 0 Å². The van der Waals surface area contributed by atoms with Crippen molar-refractivity contribution >= 4 is 50.7 Å². The molecule has 0 saturated carbocycles. The molecule has 0 atom stereocenters. The lowest BCUT2D eigenvalue weighted by Gasteiger charge is -2.07. The van der Waals surface area contributed by atoms with E-state index in [0.29, 0.717) is 11.3 Å². The quantitative estimate of drug-likeness (QED) is 0.789. The molecule has 2 aromatic rings. The summed E-state index contributed by atoms with van der Waals surface area (Å²) >= 11 is 14.9. The van der Waals surface area contributed by atoms with Gasteiger partial charge in [0.1, 0.15) is 5.15 Å². The van der Waals surface area contributed by atoms with Gasteiger partial charge in [0, 0.05) is 16.4 Å². The smallest absolute Gasteiger partial charge is 0.257 e. The van der Waals surface area contributed by atoms with Crippen molar-refractivity contribution in [3.8, 4) is 0 Å². The number of hydrogen-bond donors (Lipinski definition) is 1. The third-order valence-electron chi connectivity index (χ3n) is 2.36. The molecular weight excluding hydrogens is 351 g/mol. The van der Waals surface area contributed by atoms with Crippen LogP contribution in [0.2, 0.25) is 10.2 Å². The number of rotatable bonds is 2. The van der Waals surface area contributed by atoms with Crippen LogP contribution in [-0.2, 0) is 0 Å². The van der Waals surface area contributed by atoms with Gasteiger partial charge < -0.3 is 5.32 Å². The summed E-state index contributed by atoms with van der Waals surface area (Å²) in [5, 5.41) is 3.20. The number of amides is 1. The van der Waals surface area contributed by atoms with E-state index in [2.05, 4.69) is 26.2 Å². The van der Waals surface area contributed by atoms with Gasteiger partial charge in [0.2, 0.25) is 0 Å². The molecule has 2 rings (SSSR count). The topological polar surface area (TPSA) is 42.0 Å². The van der Waals surface area contributed by atoms with Crippen LogP contribution in [0.25, 0.3) is 0 Å². The zero-order chi connectivity index (χ0) is 14.0. The fourth-order valence-corrected chi connectivity index (χ4v) is 2.43. The molecule has 1 amide bonds. The first-order valence-corrected chi connectivity index (χ1v) is 6.90. The maximum atomic E-state index is 12.0. The molecule has 1 aromatic carbocycles. The van der Waals surface area contributed by atoms with Crippen molar-refractivity contribution in [3.63, 3.8) is 0 Å². The first-order valence-electron chi connectivity index (χ1n) is 5.35. The van der Waals surface area contributed by atoms with Crippen LogP contribution in [0.1, 0.15) is 15.9 Å². The van der Waals surface area contributed by atoms with Crippen LogP contribution < -0.4 is 5.32 Å². The first kappa shape index (κ1) is 14.3. The van der Waals surface area contributed by atoms with Gasteiger partial charge >= 0.3 is 0 Å². The summed E-state index contributed by atoms with van der Waals surface area (Å²) in [7, 11) is 0. The van der Waals surface area contributed by atoms with Crippen molar-refractivity contribution in [2.24, 2.45) is 0 Å².